The van der Waals surface area contributed by atoms with E-state index >= 15 is 0 Å². The number of nitrogens with zero attached hydrogens (tertiary/aromatic N) is 1. The molecular formula is C19H24ClN3O2. The first kappa shape index (κ1) is 19.2. The van der Waals surface area contributed by atoms with Crippen LogP contribution < -0.4 is 15.4 Å². The van der Waals surface area contributed by atoms with Gasteiger partial charge in [0.25, 0.3) is 0 Å². The number of rotatable bonds is 9. The van der Waals surface area contributed by atoms with Crippen LogP contribution in [0, 0.1) is 5.92 Å². The van der Waals surface area contributed by atoms with Crippen molar-refractivity contribution in [2.24, 2.45) is 5.92 Å². The Morgan fingerprint density at radius 3 is 2.84 bits per heavy atom. The van der Waals surface area contributed by atoms with E-state index in [2.05, 4.69) is 15.6 Å². The number of carbonyl (C=O) groups is 1. The zero-order chi connectivity index (χ0) is 18.1. The number of ether oxygens (including phenoxy) is 1. The largest absolute Gasteiger partial charge is 0.489 e. The van der Waals surface area contributed by atoms with Crippen molar-refractivity contribution in [3.05, 3.63) is 58.9 Å². The fourth-order valence-electron chi connectivity index (χ4n) is 2.17. The second-order valence-corrected chi connectivity index (χ2v) is 6.46. The zero-order valence-corrected chi connectivity index (χ0v) is 15.3. The van der Waals surface area contributed by atoms with Gasteiger partial charge in [-0.2, -0.15) is 0 Å². The molecule has 0 aliphatic carbocycles. The molecule has 1 heterocycles. The van der Waals surface area contributed by atoms with E-state index in [4.69, 9.17) is 16.3 Å². The first-order valence-corrected chi connectivity index (χ1v) is 8.72. The van der Waals surface area contributed by atoms with E-state index < -0.39 is 0 Å². The molecule has 25 heavy (non-hydrogen) atoms. The van der Waals surface area contributed by atoms with Crippen LogP contribution in [0.25, 0.3) is 0 Å². The van der Waals surface area contributed by atoms with Gasteiger partial charge in [0.05, 0.1) is 0 Å². The molecule has 134 valence electrons. The van der Waals surface area contributed by atoms with Crippen molar-refractivity contribution < 1.29 is 9.53 Å². The lowest BCUT2D eigenvalue weighted by Crippen LogP contribution is -2.34. The lowest BCUT2D eigenvalue weighted by atomic mass is 10.2. The minimum atomic E-state index is 0.000379. The molecule has 0 aliphatic rings. The Bertz CT molecular complexity index is 678. The minimum Gasteiger partial charge on any atom is -0.489 e. The second-order valence-electron chi connectivity index (χ2n) is 6.02. The van der Waals surface area contributed by atoms with E-state index in [1.165, 1.54) is 0 Å². The van der Waals surface area contributed by atoms with Crippen LogP contribution >= 0.6 is 11.6 Å². The average molecular weight is 362 g/mol. The summed E-state index contributed by atoms with van der Waals surface area (Å²) in [6.45, 7) is 6.07. The van der Waals surface area contributed by atoms with Gasteiger partial charge in [-0.15, -0.1) is 0 Å². The maximum absolute atomic E-state index is 11.5. The monoisotopic (exact) mass is 361 g/mol. The third kappa shape index (κ3) is 6.72. The van der Waals surface area contributed by atoms with E-state index in [1.807, 2.05) is 44.2 Å². The third-order valence-electron chi connectivity index (χ3n) is 3.58. The molecule has 0 saturated carbocycles. The first-order valence-electron chi connectivity index (χ1n) is 8.35. The number of halogens is 1. The summed E-state index contributed by atoms with van der Waals surface area (Å²) < 4.78 is 5.90. The number of hydrogen-bond donors (Lipinski definition) is 2. The SMILES string of the molecule is CC(C)C(=O)NCCNCc1cc(Cl)ccc1OCc1cccnc1. The summed E-state index contributed by atoms with van der Waals surface area (Å²) in [7, 11) is 0. The molecule has 1 amide bonds. The molecule has 2 rings (SSSR count). The van der Waals surface area contributed by atoms with Crippen LogP contribution in [-0.2, 0) is 17.9 Å². The summed E-state index contributed by atoms with van der Waals surface area (Å²) in [5.74, 6) is 0.845. The fraction of sp³-hybridized carbons (Fsp3) is 0.368. The molecule has 0 atom stereocenters. The number of pyridine rings is 1. The summed E-state index contributed by atoms with van der Waals surface area (Å²) in [6, 6.07) is 9.43. The number of benzene rings is 1. The summed E-state index contributed by atoms with van der Waals surface area (Å²) in [5, 5.41) is 6.84. The van der Waals surface area contributed by atoms with Crippen LogP contribution in [0.2, 0.25) is 5.02 Å². The normalized spacial score (nSPS) is 10.7. The maximum atomic E-state index is 11.5. The molecule has 0 aliphatic heterocycles. The molecule has 2 N–H and O–H groups in total. The van der Waals surface area contributed by atoms with Crippen molar-refractivity contribution in [3.8, 4) is 5.75 Å². The standard InChI is InChI=1S/C19H24ClN3O2/c1-14(2)19(24)23-9-8-22-12-16-10-17(20)5-6-18(16)25-13-15-4-3-7-21-11-15/h3-7,10-11,14,22H,8-9,12-13H2,1-2H3,(H,23,24). The number of amides is 1. The molecular weight excluding hydrogens is 338 g/mol. The highest BCUT2D eigenvalue weighted by Crippen LogP contribution is 2.23. The molecule has 0 saturated heterocycles. The van der Waals surface area contributed by atoms with E-state index in [-0.39, 0.29) is 11.8 Å². The van der Waals surface area contributed by atoms with Gasteiger partial charge in [0.1, 0.15) is 12.4 Å². The number of nitrogens with one attached hydrogen (secondary N) is 2. The van der Waals surface area contributed by atoms with Gasteiger partial charge < -0.3 is 15.4 Å². The molecule has 1 aromatic heterocycles. The van der Waals surface area contributed by atoms with Gasteiger partial charge in [-0.05, 0) is 24.3 Å². The smallest absolute Gasteiger partial charge is 0.222 e. The van der Waals surface area contributed by atoms with Crippen molar-refractivity contribution >= 4 is 17.5 Å². The Balaban J connectivity index is 1.84. The predicted octanol–water partition coefficient (Wildman–Crippen LogP) is 3.18. The summed E-state index contributed by atoms with van der Waals surface area (Å²) in [6.07, 6.45) is 3.52. The van der Waals surface area contributed by atoms with Gasteiger partial charge in [-0.3, -0.25) is 9.78 Å². The molecule has 5 nitrogen and oxygen atoms in total. The van der Waals surface area contributed by atoms with Crippen molar-refractivity contribution in [3.63, 3.8) is 0 Å². The molecule has 0 spiro atoms. The quantitative estimate of drug-likeness (QED) is 0.673. The Morgan fingerprint density at radius 2 is 2.12 bits per heavy atom. The highest BCUT2D eigenvalue weighted by Gasteiger charge is 2.07. The molecule has 0 radical (unpaired) electrons. The molecule has 1 aromatic carbocycles. The summed E-state index contributed by atoms with van der Waals surface area (Å²) in [5.41, 5.74) is 1.99. The van der Waals surface area contributed by atoms with Crippen molar-refractivity contribution in [1.29, 1.82) is 0 Å². The lowest BCUT2D eigenvalue weighted by Gasteiger charge is -2.13. The number of hydrogen-bond acceptors (Lipinski definition) is 4. The molecule has 6 heteroatoms. The van der Waals surface area contributed by atoms with Crippen molar-refractivity contribution in [2.75, 3.05) is 13.1 Å². The van der Waals surface area contributed by atoms with E-state index in [0.29, 0.717) is 31.3 Å². The van der Waals surface area contributed by atoms with Crippen LogP contribution in [0.5, 0.6) is 5.75 Å². The summed E-state index contributed by atoms with van der Waals surface area (Å²) >= 11 is 6.10. The fourth-order valence-corrected chi connectivity index (χ4v) is 2.37. The van der Waals surface area contributed by atoms with Gasteiger partial charge in [0, 0.05) is 54.1 Å². The number of carbonyl (C=O) groups excluding carboxylic acids is 1. The highest BCUT2D eigenvalue weighted by atomic mass is 35.5. The Morgan fingerprint density at radius 1 is 1.28 bits per heavy atom. The zero-order valence-electron chi connectivity index (χ0n) is 14.6. The lowest BCUT2D eigenvalue weighted by molar-refractivity contribution is -0.123. The number of aromatic nitrogens is 1. The van der Waals surface area contributed by atoms with Crippen molar-refractivity contribution in [1.82, 2.24) is 15.6 Å². The van der Waals surface area contributed by atoms with Crippen molar-refractivity contribution in [2.45, 2.75) is 27.0 Å². The minimum absolute atomic E-state index is 0.000379. The van der Waals surface area contributed by atoms with Gasteiger partial charge in [0.15, 0.2) is 0 Å². The topological polar surface area (TPSA) is 63.2 Å². The van der Waals surface area contributed by atoms with Crippen LogP contribution in [0.1, 0.15) is 25.0 Å². The Kier molecular flexibility index (Phi) is 7.70. The van der Waals surface area contributed by atoms with E-state index in [0.717, 1.165) is 16.9 Å². The highest BCUT2D eigenvalue weighted by molar-refractivity contribution is 6.30. The van der Waals surface area contributed by atoms with Gasteiger partial charge in [-0.25, -0.2) is 0 Å². The third-order valence-corrected chi connectivity index (χ3v) is 3.82. The molecule has 0 fully saturated rings. The van der Waals surface area contributed by atoms with Crippen LogP contribution in [0.3, 0.4) is 0 Å². The van der Waals surface area contributed by atoms with Crippen LogP contribution in [0.4, 0.5) is 0 Å². The van der Waals surface area contributed by atoms with Gasteiger partial charge >= 0.3 is 0 Å². The molecule has 2 aromatic rings. The maximum Gasteiger partial charge on any atom is 0.222 e. The Hall–Kier alpha value is -2.11. The molecule has 0 bridgehead atoms. The Labute approximate surface area is 153 Å². The second kappa shape index (κ2) is 10.0. The molecule has 0 unspecified atom stereocenters. The summed E-state index contributed by atoms with van der Waals surface area (Å²) in [4.78, 5) is 15.6. The van der Waals surface area contributed by atoms with Crippen LogP contribution in [0.15, 0.2) is 42.7 Å². The van der Waals surface area contributed by atoms with Gasteiger partial charge in [-0.1, -0.05) is 31.5 Å². The first-order chi connectivity index (χ1) is 12.1. The van der Waals surface area contributed by atoms with E-state index in [1.54, 1.807) is 12.4 Å². The van der Waals surface area contributed by atoms with Crippen LogP contribution in [-0.4, -0.2) is 24.0 Å². The predicted molar refractivity (Wildman–Crippen MR) is 99.6 cm³/mol. The van der Waals surface area contributed by atoms with E-state index in [9.17, 15) is 4.79 Å². The average Bonchev–Trinajstić information content (AvgIpc) is 2.61. The van der Waals surface area contributed by atoms with Gasteiger partial charge in [0.2, 0.25) is 5.91 Å².